The van der Waals surface area contributed by atoms with E-state index in [-0.39, 0.29) is 18.3 Å². The summed E-state index contributed by atoms with van der Waals surface area (Å²) in [7, 11) is 0. The summed E-state index contributed by atoms with van der Waals surface area (Å²) < 4.78 is 18.5. The lowest BCUT2D eigenvalue weighted by atomic mass is 10.0. The van der Waals surface area contributed by atoms with E-state index in [1.165, 1.54) is 28.8 Å². The first-order valence-corrected chi connectivity index (χ1v) is 9.54. The number of halogens is 1. The molecular weight excluding hydrogens is 359 g/mol. The van der Waals surface area contributed by atoms with Crippen LogP contribution in [0.15, 0.2) is 24.3 Å². The van der Waals surface area contributed by atoms with Crippen LogP contribution >= 0.6 is 11.8 Å². The number of rotatable bonds is 5. The second-order valence-corrected chi connectivity index (χ2v) is 8.21. The molecule has 26 heavy (non-hydrogen) atoms. The van der Waals surface area contributed by atoms with Gasteiger partial charge in [-0.1, -0.05) is 12.1 Å². The second-order valence-electron chi connectivity index (χ2n) is 7.02. The molecule has 0 aromatic heterocycles. The van der Waals surface area contributed by atoms with Crippen molar-refractivity contribution < 1.29 is 23.8 Å². The van der Waals surface area contributed by atoms with Crippen LogP contribution in [0.1, 0.15) is 38.8 Å². The fourth-order valence-corrected chi connectivity index (χ4v) is 3.70. The molecule has 2 amide bonds. The maximum absolute atomic E-state index is 13.1. The number of carbonyl (C=O) groups excluding carboxylic acids is 2. The Morgan fingerprint density at radius 1 is 1.38 bits per heavy atom. The van der Waals surface area contributed by atoms with Crippen molar-refractivity contribution in [2.75, 3.05) is 18.9 Å². The monoisotopic (exact) mass is 384 g/mol. The number of hydrogen-bond acceptors (Lipinski definition) is 5. The minimum absolute atomic E-state index is 0.129. The van der Waals surface area contributed by atoms with Crippen LogP contribution in [0.3, 0.4) is 0 Å². The largest absolute Gasteiger partial charge is 0.444 e. The maximum Gasteiger partial charge on any atom is 0.411 e. The van der Waals surface area contributed by atoms with Gasteiger partial charge in [0, 0.05) is 18.9 Å². The molecule has 1 aliphatic rings. The Morgan fingerprint density at radius 2 is 2.04 bits per heavy atom. The van der Waals surface area contributed by atoms with Gasteiger partial charge in [-0.15, -0.1) is 11.8 Å². The number of hydrogen-bond donors (Lipinski definition) is 2. The topological polar surface area (TPSA) is 78.9 Å². The average Bonchev–Trinajstić information content (AvgIpc) is 3.03. The van der Waals surface area contributed by atoms with Crippen molar-refractivity contribution in [3.05, 3.63) is 35.6 Å². The van der Waals surface area contributed by atoms with Gasteiger partial charge in [-0.3, -0.25) is 9.69 Å². The van der Waals surface area contributed by atoms with E-state index < -0.39 is 23.1 Å². The minimum Gasteiger partial charge on any atom is -0.444 e. The molecule has 1 aliphatic heterocycles. The van der Waals surface area contributed by atoms with Gasteiger partial charge >= 0.3 is 6.09 Å². The van der Waals surface area contributed by atoms with Gasteiger partial charge in [0.05, 0.1) is 6.04 Å². The van der Waals surface area contributed by atoms with E-state index in [2.05, 4.69) is 5.32 Å². The molecule has 0 saturated carbocycles. The zero-order chi connectivity index (χ0) is 19.3. The molecule has 2 rings (SSSR count). The molecule has 0 radical (unpaired) electrons. The summed E-state index contributed by atoms with van der Waals surface area (Å²) >= 11 is 1.36. The minimum atomic E-state index is -0.688. The number of benzene rings is 1. The lowest BCUT2D eigenvalue weighted by molar-refractivity contribution is -0.124. The lowest BCUT2D eigenvalue weighted by Crippen LogP contribution is -2.47. The van der Waals surface area contributed by atoms with Crippen LogP contribution < -0.4 is 5.32 Å². The highest BCUT2D eigenvalue weighted by molar-refractivity contribution is 8.00. The first-order valence-electron chi connectivity index (χ1n) is 8.49. The van der Waals surface area contributed by atoms with Crippen LogP contribution in [0.5, 0.6) is 0 Å². The van der Waals surface area contributed by atoms with Crippen molar-refractivity contribution in [3.63, 3.8) is 0 Å². The summed E-state index contributed by atoms with van der Waals surface area (Å²) in [5.41, 5.74) is 0.0550. The van der Waals surface area contributed by atoms with Crippen molar-refractivity contribution in [1.29, 1.82) is 0 Å². The first kappa shape index (κ1) is 20.5. The van der Waals surface area contributed by atoms with Gasteiger partial charge in [0.2, 0.25) is 0 Å². The number of thioether (sulfide) groups is 1. The number of aliphatic hydroxyl groups excluding tert-OH is 1. The Balaban J connectivity index is 2.07. The lowest BCUT2D eigenvalue weighted by Gasteiger charge is -2.28. The highest BCUT2D eigenvalue weighted by atomic mass is 32.2. The van der Waals surface area contributed by atoms with E-state index >= 15 is 0 Å². The Labute approximate surface area is 157 Å². The number of nitrogens with zero attached hydrogens (tertiary/aromatic N) is 1. The van der Waals surface area contributed by atoms with E-state index in [9.17, 15) is 19.1 Å². The Morgan fingerprint density at radius 3 is 2.62 bits per heavy atom. The zero-order valence-electron chi connectivity index (χ0n) is 15.2. The standard InChI is InChI=1S/C18H25FN2O4S/c1-18(2,3)25-17(24)21-9-11-26-16(21)15(23)20-14(8-10-22)12-4-6-13(19)7-5-12/h4-7,14,16,22H,8-11H2,1-3H3,(H,20,23)/t14-,16-/m0/s1. The fourth-order valence-electron chi connectivity index (χ4n) is 2.58. The van der Waals surface area contributed by atoms with Crippen LogP contribution in [0, 0.1) is 5.82 Å². The third-order valence-electron chi connectivity index (χ3n) is 3.75. The zero-order valence-corrected chi connectivity index (χ0v) is 16.0. The molecule has 2 atom stereocenters. The van der Waals surface area contributed by atoms with Crippen LogP contribution in [-0.4, -0.2) is 51.9 Å². The van der Waals surface area contributed by atoms with E-state index in [0.717, 1.165) is 0 Å². The third-order valence-corrected chi connectivity index (χ3v) is 4.95. The predicted molar refractivity (Wildman–Crippen MR) is 98.2 cm³/mol. The first-order chi connectivity index (χ1) is 12.2. The molecule has 8 heteroatoms. The summed E-state index contributed by atoms with van der Waals surface area (Å²) in [6, 6.07) is 5.30. The molecule has 6 nitrogen and oxygen atoms in total. The second kappa shape index (κ2) is 8.73. The Bertz CT molecular complexity index is 633. The Hall–Kier alpha value is -1.80. The molecule has 1 saturated heterocycles. The van der Waals surface area contributed by atoms with Crippen molar-refractivity contribution in [2.45, 2.75) is 44.2 Å². The van der Waals surface area contributed by atoms with E-state index in [1.54, 1.807) is 32.9 Å². The number of carbonyl (C=O) groups is 2. The van der Waals surface area contributed by atoms with Crippen LogP contribution in [-0.2, 0) is 9.53 Å². The highest BCUT2D eigenvalue weighted by Crippen LogP contribution is 2.27. The summed E-state index contributed by atoms with van der Waals surface area (Å²) in [6.45, 7) is 5.62. The molecular formula is C18H25FN2O4S. The van der Waals surface area contributed by atoms with E-state index in [1.807, 2.05) is 0 Å². The molecule has 0 spiro atoms. The summed E-state index contributed by atoms with van der Waals surface area (Å²) in [5.74, 6) is -0.0650. The molecule has 0 bridgehead atoms. The number of amides is 2. The molecule has 0 aliphatic carbocycles. The van der Waals surface area contributed by atoms with E-state index in [4.69, 9.17) is 4.74 Å². The van der Waals surface area contributed by atoms with Crippen LogP contribution in [0.2, 0.25) is 0 Å². The Kier molecular flexibility index (Phi) is 6.88. The normalized spacial score (nSPS) is 18.5. The predicted octanol–water partition coefficient (Wildman–Crippen LogP) is 2.68. The van der Waals surface area contributed by atoms with Gasteiger partial charge in [0.25, 0.3) is 5.91 Å². The number of aliphatic hydroxyl groups is 1. The average molecular weight is 384 g/mol. The van der Waals surface area contributed by atoms with Gasteiger partial charge in [-0.2, -0.15) is 0 Å². The molecule has 1 aromatic carbocycles. The van der Waals surface area contributed by atoms with Crippen molar-refractivity contribution in [3.8, 4) is 0 Å². The molecule has 144 valence electrons. The molecule has 1 fully saturated rings. The van der Waals surface area contributed by atoms with Gasteiger partial charge in [0.15, 0.2) is 5.37 Å². The van der Waals surface area contributed by atoms with Gasteiger partial charge < -0.3 is 15.2 Å². The maximum atomic E-state index is 13.1. The van der Waals surface area contributed by atoms with E-state index in [0.29, 0.717) is 24.3 Å². The number of nitrogens with one attached hydrogen (secondary N) is 1. The highest BCUT2D eigenvalue weighted by Gasteiger charge is 2.38. The van der Waals surface area contributed by atoms with Gasteiger partial charge in [-0.25, -0.2) is 9.18 Å². The molecule has 0 unspecified atom stereocenters. The molecule has 1 heterocycles. The van der Waals surface area contributed by atoms with Crippen LogP contribution in [0.4, 0.5) is 9.18 Å². The fraction of sp³-hybridized carbons (Fsp3) is 0.556. The van der Waals surface area contributed by atoms with Crippen molar-refractivity contribution in [1.82, 2.24) is 10.2 Å². The van der Waals surface area contributed by atoms with Gasteiger partial charge in [0.1, 0.15) is 11.4 Å². The molecule has 1 aromatic rings. The quantitative estimate of drug-likeness (QED) is 0.816. The van der Waals surface area contributed by atoms with Crippen molar-refractivity contribution >= 4 is 23.8 Å². The number of ether oxygens (including phenoxy) is 1. The summed E-state index contributed by atoms with van der Waals surface area (Å²) in [6.07, 6.45) is -0.232. The SMILES string of the molecule is CC(C)(C)OC(=O)N1CCS[C@H]1C(=O)N[C@@H](CCO)c1ccc(F)cc1. The van der Waals surface area contributed by atoms with Crippen molar-refractivity contribution in [2.24, 2.45) is 0 Å². The smallest absolute Gasteiger partial charge is 0.411 e. The van der Waals surface area contributed by atoms with Gasteiger partial charge in [-0.05, 0) is 44.9 Å². The summed E-state index contributed by atoms with van der Waals surface area (Å²) in [4.78, 5) is 26.4. The summed E-state index contributed by atoms with van der Waals surface area (Å²) in [5, 5.41) is 11.4. The molecule has 2 N–H and O–H groups in total. The van der Waals surface area contributed by atoms with Crippen LogP contribution in [0.25, 0.3) is 0 Å². The third kappa shape index (κ3) is 5.60.